The summed E-state index contributed by atoms with van der Waals surface area (Å²) in [6, 6.07) is 6.80. The van der Waals surface area contributed by atoms with Crippen LogP contribution in [-0.4, -0.2) is 4.92 Å². The number of rotatable bonds is 3. The Morgan fingerprint density at radius 2 is 1.89 bits per heavy atom. The van der Waals surface area contributed by atoms with E-state index in [0.717, 1.165) is 5.56 Å². The molecule has 0 aliphatic rings. The molecule has 5 heteroatoms. The van der Waals surface area contributed by atoms with Gasteiger partial charge in [0.15, 0.2) is 0 Å². The van der Waals surface area contributed by atoms with Gasteiger partial charge in [-0.1, -0.05) is 20.8 Å². The fourth-order valence-electron chi connectivity index (χ4n) is 1.90. The van der Waals surface area contributed by atoms with E-state index in [9.17, 15) is 10.1 Å². The molecule has 1 rings (SSSR count). The second-order valence-electron chi connectivity index (χ2n) is 5.58. The van der Waals surface area contributed by atoms with Crippen molar-refractivity contribution in [2.24, 2.45) is 5.41 Å². The zero-order valence-corrected chi connectivity index (χ0v) is 11.2. The summed E-state index contributed by atoms with van der Waals surface area (Å²) < 4.78 is 0. The molecule has 0 bridgehead atoms. The van der Waals surface area contributed by atoms with Gasteiger partial charge < -0.3 is 0 Å². The van der Waals surface area contributed by atoms with E-state index in [1.807, 2.05) is 32.9 Å². The minimum absolute atomic E-state index is 0.0286. The van der Waals surface area contributed by atoms with Crippen molar-refractivity contribution in [2.45, 2.75) is 33.6 Å². The molecule has 0 radical (unpaired) electrons. The monoisotopic (exact) mass is 257 g/mol. The Kier molecular flexibility index (Phi) is 4.24. The van der Waals surface area contributed by atoms with Crippen LogP contribution in [-0.2, 0) is 12.8 Å². The molecule has 1 aromatic carbocycles. The Hall–Kier alpha value is -2.40. The standard InChI is InChI=1S/C14H15N3O2/c1-14(2,3)8-11-6-10(4-5-15)13(17(18)19)7-12(11)9-16/h6-7H,4,8H2,1-3H3. The molecule has 0 atom stereocenters. The van der Waals surface area contributed by atoms with Crippen LogP contribution in [0.2, 0.25) is 0 Å². The van der Waals surface area contributed by atoms with Gasteiger partial charge in [0.05, 0.1) is 29.0 Å². The summed E-state index contributed by atoms with van der Waals surface area (Å²) in [7, 11) is 0. The van der Waals surface area contributed by atoms with Crippen LogP contribution < -0.4 is 0 Å². The molecule has 0 amide bonds. The Balaban J connectivity index is 3.41. The SMILES string of the molecule is CC(C)(C)Cc1cc(CC#N)c([N+](=O)[O-])cc1C#N. The Morgan fingerprint density at radius 1 is 1.26 bits per heavy atom. The molecule has 0 N–H and O–H groups in total. The van der Waals surface area contributed by atoms with E-state index in [0.29, 0.717) is 17.5 Å². The Labute approximate surface area is 112 Å². The van der Waals surface area contributed by atoms with Gasteiger partial charge in [-0.15, -0.1) is 0 Å². The molecular weight excluding hydrogens is 242 g/mol. The number of nitriles is 2. The van der Waals surface area contributed by atoms with E-state index in [2.05, 4.69) is 0 Å². The van der Waals surface area contributed by atoms with Crippen LogP contribution in [0.4, 0.5) is 5.69 Å². The molecular formula is C14H15N3O2. The Morgan fingerprint density at radius 3 is 2.32 bits per heavy atom. The highest BCUT2D eigenvalue weighted by atomic mass is 16.6. The molecule has 0 unspecified atom stereocenters. The molecule has 0 fully saturated rings. The minimum Gasteiger partial charge on any atom is -0.258 e. The summed E-state index contributed by atoms with van der Waals surface area (Å²) in [5.41, 5.74) is 1.24. The third kappa shape index (κ3) is 3.79. The number of nitro benzene ring substituents is 1. The van der Waals surface area contributed by atoms with Gasteiger partial charge in [-0.2, -0.15) is 10.5 Å². The molecule has 0 aliphatic heterocycles. The van der Waals surface area contributed by atoms with Crippen molar-refractivity contribution in [1.29, 1.82) is 10.5 Å². The molecule has 1 aromatic rings. The van der Waals surface area contributed by atoms with Crippen LogP contribution in [0.15, 0.2) is 12.1 Å². The third-order valence-electron chi connectivity index (χ3n) is 2.61. The van der Waals surface area contributed by atoms with Gasteiger partial charge in [0.25, 0.3) is 5.69 Å². The predicted molar refractivity (Wildman–Crippen MR) is 70.3 cm³/mol. The van der Waals surface area contributed by atoms with Gasteiger partial charge in [-0.25, -0.2) is 0 Å². The number of nitro groups is 1. The van der Waals surface area contributed by atoms with Crippen molar-refractivity contribution in [2.75, 3.05) is 0 Å². The summed E-state index contributed by atoms with van der Waals surface area (Å²) >= 11 is 0. The summed E-state index contributed by atoms with van der Waals surface area (Å²) in [6.07, 6.45) is 0.603. The maximum Gasteiger partial charge on any atom is 0.274 e. The second kappa shape index (κ2) is 5.49. The average molecular weight is 257 g/mol. The van der Waals surface area contributed by atoms with E-state index in [-0.39, 0.29) is 17.5 Å². The minimum atomic E-state index is -0.547. The van der Waals surface area contributed by atoms with Gasteiger partial charge in [-0.3, -0.25) is 10.1 Å². The van der Waals surface area contributed by atoms with E-state index in [1.165, 1.54) is 6.07 Å². The van der Waals surface area contributed by atoms with Crippen molar-refractivity contribution < 1.29 is 4.92 Å². The highest BCUT2D eigenvalue weighted by molar-refractivity contribution is 5.53. The number of benzene rings is 1. The lowest BCUT2D eigenvalue weighted by molar-refractivity contribution is -0.385. The Bertz CT molecular complexity index is 586. The molecule has 0 saturated carbocycles. The van der Waals surface area contributed by atoms with E-state index < -0.39 is 4.92 Å². The van der Waals surface area contributed by atoms with Gasteiger partial charge in [0.2, 0.25) is 0 Å². The number of nitrogens with zero attached hydrogens (tertiary/aromatic N) is 3. The topological polar surface area (TPSA) is 90.7 Å². The molecule has 0 saturated heterocycles. The van der Waals surface area contributed by atoms with Crippen LogP contribution >= 0.6 is 0 Å². The maximum atomic E-state index is 10.9. The number of hydrogen-bond donors (Lipinski definition) is 0. The summed E-state index contributed by atoms with van der Waals surface area (Å²) in [4.78, 5) is 10.4. The second-order valence-corrected chi connectivity index (χ2v) is 5.58. The average Bonchev–Trinajstić information content (AvgIpc) is 2.27. The van der Waals surface area contributed by atoms with Gasteiger partial charge in [-0.05, 0) is 23.5 Å². The van der Waals surface area contributed by atoms with E-state index in [1.54, 1.807) is 6.07 Å². The molecule has 0 heterocycles. The fourth-order valence-corrected chi connectivity index (χ4v) is 1.90. The molecule has 0 aliphatic carbocycles. The fraction of sp³-hybridized carbons (Fsp3) is 0.429. The predicted octanol–water partition coefficient (Wildman–Crippen LogP) is 3.12. The smallest absolute Gasteiger partial charge is 0.258 e. The lowest BCUT2D eigenvalue weighted by atomic mass is 9.85. The van der Waals surface area contributed by atoms with Gasteiger partial charge in [0, 0.05) is 11.6 Å². The third-order valence-corrected chi connectivity index (χ3v) is 2.61. The van der Waals surface area contributed by atoms with Crippen molar-refractivity contribution in [3.8, 4) is 12.1 Å². The van der Waals surface area contributed by atoms with Crippen molar-refractivity contribution in [1.82, 2.24) is 0 Å². The zero-order chi connectivity index (χ0) is 14.6. The van der Waals surface area contributed by atoms with Gasteiger partial charge >= 0.3 is 0 Å². The van der Waals surface area contributed by atoms with Crippen molar-refractivity contribution in [3.05, 3.63) is 38.9 Å². The first-order valence-corrected chi connectivity index (χ1v) is 5.85. The summed E-state index contributed by atoms with van der Waals surface area (Å²) in [5.74, 6) is 0. The highest BCUT2D eigenvalue weighted by Gasteiger charge is 2.21. The zero-order valence-electron chi connectivity index (χ0n) is 11.2. The normalized spacial score (nSPS) is 10.6. The maximum absolute atomic E-state index is 10.9. The van der Waals surface area contributed by atoms with Crippen LogP contribution in [0, 0.1) is 38.2 Å². The van der Waals surface area contributed by atoms with Crippen LogP contribution in [0.5, 0.6) is 0 Å². The largest absolute Gasteiger partial charge is 0.274 e. The molecule has 5 nitrogen and oxygen atoms in total. The first-order valence-electron chi connectivity index (χ1n) is 5.85. The molecule has 98 valence electrons. The quantitative estimate of drug-likeness (QED) is 0.614. The van der Waals surface area contributed by atoms with E-state index in [4.69, 9.17) is 10.5 Å². The van der Waals surface area contributed by atoms with Crippen molar-refractivity contribution >= 4 is 5.69 Å². The van der Waals surface area contributed by atoms with Gasteiger partial charge in [0.1, 0.15) is 0 Å². The summed E-state index contributed by atoms with van der Waals surface area (Å²) in [6.45, 7) is 6.08. The number of hydrogen-bond acceptors (Lipinski definition) is 4. The summed E-state index contributed by atoms with van der Waals surface area (Å²) in [5, 5.41) is 28.8. The van der Waals surface area contributed by atoms with E-state index >= 15 is 0 Å². The molecule has 0 aromatic heterocycles. The van der Waals surface area contributed by atoms with Crippen LogP contribution in [0.1, 0.15) is 37.5 Å². The van der Waals surface area contributed by atoms with Crippen LogP contribution in [0.25, 0.3) is 0 Å². The first kappa shape index (κ1) is 14.7. The lowest BCUT2D eigenvalue weighted by Crippen LogP contribution is -2.11. The molecule has 0 spiro atoms. The lowest BCUT2D eigenvalue weighted by Gasteiger charge is -2.19. The first-order chi connectivity index (χ1) is 8.78. The van der Waals surface area contributed by atoms with Crippen LogP contribution in [0.3, 0.4) is 0 Å². The highest BCUT2D eigenvalue weighted by Crippen LogP contribution is 2.28. The van der Waals surface area contributed by atoms with Crippen molar-refractivity contribution in [3.63, 3.8) is 0 Å². The molecule has 19 heavy (non-hydrogen) atoms.